The second-order valence-electron chi connectivity index (χ2n) is 4.26. The summed E-state index contributed by atoms with van der Waals surface area (Å²) in [5.41, 5.74) is -0.914. The van der Waals surface area contributed by atoms with Gasteiger partial charge in [-0.2, -0.15) is 5.26 Å². The second kappa shape index (κ2) is 6.93. The van der Waals surface area contributed by atoms with E-state index in [0.29, 0.717) is 0 Å². The largest absolute Gasteiger partial charge is 0.390 e. The summed E-state index contributed by atoms with van der Waals surface area (Å²) >= 11 is 0. The van der Waals surface area contributed by atoms with Gasteiger partial charge in [0.15, 0.2) is 0 Å². The molecule has 0 aliphatic heterocycles. The highest BCUT2D eigenvalue weighted by Crippen LogP contribution is 2.23. The molecule has 1 rings (SSSR count). The molecule has 0 bridgehead atoms. The van der Waals surface area contributed by atoms with E-state index < -0.39 is 29.4 Å². The average Bonchev–Trinajstić information content (AvgIpc) is 2.36. The first-order valence-corrected chi connectivity index (χ1v) is 5.86. The molecule has 0 fully saturated rings. The molecule has 0 radical (unpaired) electrons. The minimum Gasteiger partial charge on any atom is -0.390 e. The molecule has 7 heteroatoms. The summed E-state index contributed by atoms with van der Waals surface area (Å²) in [5.74, 6) is -2.49. The van der Waals surface area contributed by atoms with Crippen molar-refractivity contribution in [2.75, 3.05) is 6.54 Å². The van der Waals surface area contributed by atoms with Crippen molar-refractivity contribution < 1.29 is 23.8 Å². The van der Waals surface area contributed by atoms with E-state index in [1.54, 1.807) is 0 Å². The van der Waals surface area contributed by atoms with Gasteiger partial charge in [0.05, 0.1) is 6.10 Å². The van der Waals surface area contributed by atoms with Crippen LogP contribution in [0.5, 0.6) is 0 Å². The van der Waals surface area contributed by atoms with Gasteiger partial charge in [0, 0.05) is 13.5 Å². The number of hydrogen-bond donors (Lipinski definition) is 3. The molecule has 0 saturated heterocycles. The minimum absolute atomic E-state index is 0.0178. The molecule has 2 unspecified atom stereocenters. The van der Waals surface area contributed by atoms with Gasteiger partial charge in [0.2, 0.25) is 5.91 Å². The van der Waals surface area contributed by atoms with Gasteiger partial charge < -0.3 is 15.5 Å². The van der Waals surface area contributed by atoms with Crippen molar-refractivity contribution in [3.8, 4) is 6.07 Å². The van der Waals surface area contributed by atoms with Crippen LogP contribution in [0.25, 0.3) is 0 Å². The fraction of sp³-hybridized carbons (Fsp3) is 0.385. The number of benzene rings is 1. The maximum Gasteiger partial charge on any atom is 0.216 e. The van der Waals surface area contributed by atoms with Crippen LogP contribution in [0.2, 0.25) is 0 Å². The third kappa shape index (κ3) is 3.98. The molecule has 20 heavy (non-hydrogen) atoms. The van der Waals surface area contributed by atoms with Gasteiger partial charge in [-0.25, -0.2) is 8.78 Å². The quantitative estimate of drug-likeness (QED) is 0.744. The number of nitriles is 1. The molecule has 0 saturated carbocycles. The van der Waals surface area contributed by atoms with Crippen LogP contribution >= 0.6 is 0 Å². The van der Waals surface area contributed by atoms with E-state index in [-0.39, 0.29) is 24.4 Å². The molecule has 108 valence electrons. The topological polar surface area (TPSA) is 93.3 Å². The van der Waals surface area contributed by atoms with Crippen LogP contribution in [0, 0.1) is 23.0 Å². The maximum absolute atomic E-state index is 13.4. The number of aliphatic hydroxyl groups is 2. The Morgan fingerprint density at radius 3 is 2.40 bits per heavy atom. The van der Waals surface area contributed by atoms with E-state index >= 15 is 0 Å². The van der Waals surface area contributed by atoms with E-state index in [2.05, 4.69) is 5.32 Å². The number of hydrogen-bond acceptors (Lipinski definition) is 4. The number of nitrogens with zero attached hydrogens (tertiary/aromatic N) is 1. The summed E-state index contributed by atoms with van der Waals surface area (Å²) in [5, 5.41) is 30.4. The molecule has 0 heterocycles. The number of carbonyl (C=O) groups is 1. The van der Waals surface area contributed by atoms with Gasteiger partial charge >= 0.3 is 0 Å². The summed E-state index contributed by atoms with van der Waals surface area (Å²) in [6, 6.07) is 2.96. The Morgan fingerprint density at radius 2 is 1.95 bits per heavy atom. The van der Waals surface area contributed by atoms with E-state index in [9.17, 15) is 23.8 Å². The Morgan fingerprint density at radius 1 is 1.40 bits per heavy atom. The maximum atomic E-state index is 13.4. The summed E-state index contributed by atoms with van der Waals surface area (Å²) in [4.78, 5) is 10.6. The first-order chi connectivity index (χ1) is 9.36. The van der Waals surface area contributed by atoms with Crippen LogP contribution in [0.15, 0.2) is 12.1 Å². The molecule has 1 aromatic carbocycles. The summed E-state index contributed by atoms with van der Waals surface area (Å²) in [7, 11) is 0. The van der Waals surface area contributed by atoms with E-state index in [0.717, 1.165) is 12.1 Å². The molecular formula is C13H14F2N2O3. The van der Waals surface area contributed by atoms with Gasteiger partial charge in [-0.15, -0.1) is 0 Å². The monoisotopic (exact) mass is 284 g/mol. The second-order valence-corrected chi connectivity index (χ2v) is 4.26. The molecule has 0 spiro atoms. The Kier molecular flexibility index (Phi) is 5.55. The van der Waals surface area contributed by atoms with Gasteiger partial charge in [-0.1, -0.05) is 0 Å². The third-order valence-electron chi connectivity index (χ3n) is 2.70. The lowest BCUT2D eigenvalue weighted by atomic mass is 10.00. The van der Waals surface area contributed by atoms with Crippen LogP contribution in [0.3, 0.4) is 0 Å². The summed E-state index contributed by atoms with van der Waals surface area (Å²) in [6.07, 6.45) is -2.79. The normalized spacial score (nSPS) is 13.4. The predicted octanol–water partition coefficient (Wildman–Crippen LogP) is 0.757. The Labute approximate surface area is 114 Å². The lowest BCUT2D eigenvalue weighted by Crippen LogP contribution is -2.27. The number of halogens is 2. The average molecular weight is 284 g/mol. The summed E-state index contributed by atoms with van der Waals surface area (Å²) < 4.78 is 26.8. The number of amides is 1. The Bertz CT molecular complexity index is 520. The highest BCUT2D eigenvalue weighted by Gasteiger charge is 2.21. The van der Waals surface area contributed by atoms with Crippen molar-refractivity contribution in [3.05, 3.63) is 34.9 Å². The molecule has 1 amide bonds. The molecule has 5 nitrogen and oxygen atoms in total. The zero-order chi connectivity index (χ0) is 15.3. The SMILES string of the molecule is CC(=O)NCCC(O)C(O)c1cc(F)c(C#N)c(F)c1. The van der Waals surface area contributed by atoms with Crippen molar-refractivity contribution in [1.29, 1.82) is 5.26 Å². The van der Waals surface area contributed by atoms with Gasteiger partial charge in [0.1, 0.15) is 29.4 Å². The molecule has 3 N–H and O–H groups in total. The predicted molar refractivity (Wildman–Crippen MR) is 65.3 cm³/mol. The Hall–Kier alpha value is -2.04. The van der Waals surface area contributed by atoms with E-state index in [1.165, 1.54) is 13.0 Å². The van der Waals surface area contributed by atoms with Gasteiger partial charge in [-0.3, -0.25) is 4.79 Å². The number of aliphatic hydroxyl groups excluding tert-OH is 2. The van der Waals surface area contributed by atoms with Crippen molar-refractivity contribution in [2.24, 2.45) is 0 Å². The van der Waals surface area contributed by atoms with Crippen LogP contribution in [-0.2, 0) is 4.79 Å². The fourth-order valence-electron chi connectivity index (χ4n) is 1.65. The van der Waals surface area contributed by atoms with Crippen molar-refractivity contribution in [3.63, 3.8) is 0 Å². The number of carbonyl (C=O) groups excluding carboxylic acids is 1. The van der Waals surface area contributed by atoms with Gasteiger partial charge in [-0.05, 0) is 24.1 Å². The zero-order valence-electron chi connectivity index (χ0n) is 10.7. The fourth-order valence-corrected chi connectivity index (χ4v) is 1.65. The standard InChI is InChI=1S/C13H14F2N2O3/c1-7(18)17-3-2-12(19)13(20)8-4-10(14)9(6-16)11(15)5-8/h4-5,12-13,19-20H,2-3H2,1H3,(H,17,18). The Balaban J connectivity index is 2.79. The minimum atomic E-state index is -1.51. The van der Waals surface area contributed by atoms with E-state index in [1.807, 2.05) is 0 Å². The first-order valence-electron chi connectivity index (χ1n) is 5.86. The number of rotatable bonds is 5. The van der Waals surface area contributed by atoms with E-state index in [4.69, 9.17) is 5.26 Å². The molecule has 2 atom stereocenters. The lowest BCUT2D eigenvalue weighted by Gasteiger charge is -2.18. The van der Waals surface area contributed by atoms with Crippen molar-refractivity contribution in [2.45, 2.75) is 25.6 Å². The van der Waals surface area contributed by atoms with Crippen molar-refractivity contribution in [1.82, 2.24) is 5.32 Å². The number of nitrogens with one attached hydrogen (secondary N) is 1. The smallest absolute Gasteiger partial charge is 0.216 e. The lowest BCUT2D eigenvalue weighted by molar-refractivity contribution is -0.119. The first kappa shape index (κ1) is 16.0. The molecule has 0 aromatic heterocycles. The third-order valence-corrected chi connectivity index (χ3v) is 2.70. The van der Waals surface area contributed by atoms with Crippen LogP contribution in [-0.4, -0.2) is 28.8 Å². The van der Waals surface area contributed by atoms with Crippen molar-refractivity contribution >= 4 is 5.91 Å². The molecular weight excluding hydrogens is 270 g/mol. The van der Waals surface area contributed by atoms with Crippen LogP contribution in [0.1, 0.15) is 30.6 Å². The van der Waals surface area contributed by atoms with Crippen LogP contribution in [0.4, 0.5) is 8.78 Å². The highest BCUT2D eigenvalue weighted by molar-refractivity contribution is 5.72. The molecule has 0 aliphatic carbocycles. The highest BCUT2D eigenvalue weighted by atomic mass is 19.1. The zero-order valence-corrected chi connectivity index (χ0v) is 10.7. The molecule has 1 aromatic rings. The van der Waals surface area contributed by atoms with Gasteiger partial charge in [0.25, 0.3) is 0 Å². The molecule has 0 aliphatic rings. The van der Waals surface area contributed by atoms with Crippen LogP contribution < -0.4 is 5.32 Å². The summed E-state index contributed by atoms with van der Waals surface area (Å²) in [6.45, 7) is 1.42.